The Morgan fingerprint density at radius 1 is 0.127 bits per heavy atom. The molecule has 0 aliphatic heterocycles. The molecule has 0 fully saturated rings. The molecule has 9 rings (SSSR count). The van der Waals surface area contributed by atoms with E-state index in [1.54, 1.807) is 0 Å². The van der Waals surface area contributed by atoms with Gasteiger partial charge in [0.1, 0.15) is 58.5 Å². The monoisotopic (exact) mass is 2150 g/mol. The first-order valence-corrected chi connectivity index (χ1v) is 64.5. The van der Waals surface area contributed by atoms with E-state index in [4.69, 9.17) is 45.5 Å². The number of unbranched alkanes of at least 4 members (excludes halogenated alkanes) is 54. The predicted octanol–water partition coefficient (Wildman–Crippen LogP) is 45.8. The van der Waals surface area contributed by atoms with Crippen LogP contribution in [0.25, 0.3) is 0 Å². The zero-order chi connectivity index (χ0) is 106. The Bertz CT molecular complexity index is 3560. The molecule has 0 saturated heterocycles. The summed E-state index contributed by atoms with van der Waals surface area (Å²) < 4.78 is 57.4. The van der Waals surface area contributed by atoms with Crippen molar-refractivity contribution < 1.29 is 62.0 Å². The van der Waals surface area contributed by atoms with Gasteiger partial charge in [-0.1, -0.05) is 518 Å². The Labute approximate surface area is 932 Å². The van der Waals surface area contributed by atoms with E-state index in [1.807, 2.05) is 6.79 Å². The average Bonchev–Trinajstić information content (AvgIpc) is 0.863. The summed E-state index contributed by atoms with van der Waals surface area (Å²) in [5.74, 6) is 7.00. The summed E-state index contributed by atoms with van der Waals surface area (Å²) >= 11 is 0. The Morgan fingerprint density at radius 2 is 0.200 bits per heavy atom. The molecule has 0 aliphatic rings. The van der Waals surface area contributed by atoms with E-state index in [1.165, 1.54) is 455 Å². The molecule has 9 aromatic rings. The van der Waals surface area contributed by atoms with E-state index < -0.39 is 25.8 Å². The van der Waals surface area contributed by atoms with Gasteiger partial charge in [-0.25, -0.2) is 0 Å². The molecule has 14 heteroatoms. The number of hydrogen-bond donors (Lipinski definition) is 0. The number of aryl methyl sites for hydroxylation is 9. The molecule has 0 radical (unpaired) electrons. The second kappa shape index (κ2) is 94.0. The molecule has 0 spiro atoms. The second-order valence-electron chi connectivity index (χ2n) is 42.1. The normalized spacial score (nSPS) is 11.1. The van der Waals surface area contributed by atoms with Crippen molar-refractivity contribution in [1.29, 1.82) is 0 Å². The first kappa shape index (κ1) is 133. The third-order valence-corrected chi connectivity index (χ3v) is 31.8. The maximum atomic E-state index is 8.00. The van der Waals surface area contributed by atoms with Gasteiger partial charge in [0.25, 0.3) is 0 Å². The van der Waals surface area contributed by atoms with Crippen molar-refractivity contribution in [3.8, 4) is 51.7 Å². The van der Waals surface area contributed by atoms with Gasteiger partial charge in [-0.05, 0) is 275 Å². The molecule has 0 saturated carbocycles. The van der Waals surface area contributed by atoms with Gasteiger partial charge in [-0.2, -0.15) is 0 Å². The van der Waals surface area contributed by atoms with E-state index in [0.717, 1.165) is 110 Å². The second-order valence-corrected chi connectivity index (χ2v) is 45.1. The fourth-order valence-electron chi connectivity index (χ4n) is 19.0. The van der Waals surface area contributed by atoms with Crippen molar-refractivity contribution in [2.75, 3.05) is 0 Å². The fraction of sp³-hybridized carbons (Fsp3) is 0.596. The maximum Gasteiger partial charge on any atom is 0.530 e. The SMILES string of the molecule is C=O.CCCCCCCCCc1ccc(OP(Oc2ccc(CCCCCCCCC)cc2)Oc2ccc(CCCCCCCCC)cc2)cc1.CCCCCCCCCc1ccc(OP(Oc2ccc(CCCCCCCCC)cc2)Oc2ccc(CCCCCCCCC)cc2)cc1.CCCCCCCCCc1ccc(OP(Oc2ccc(CCCCCCCCC)cc2)Oc2ccc(CCCCCCCCC)cc2)cc1.[Ni]. The molecule has 9 aromatic carbocycles. The van der Waals surface area contributed by atoms with Crippen LogP contribution in [0.5, 0.6) is 51.7 Å². The summed E-state index contributed by atoms with van der Waals surface area (Å²) in [6, 6.07) is 76.6. The van der Waals surface area contributed by atoms with Crippen LogP contribution in [0.15, 0.2) is 218 Å². The minimum Gasteiger partial charge on any atom is -0.409 e. The van der Waals surface area contributed by atoms with E-state index in [9.17, 15) is 0 Å². The molecular weight excluding hydrogens is 1950 g/mol. The standard InChI is InChI=1S/3C45H69O3P.CH2O.Ni/c3*1-4-7-10-13-16-19-22-25-40-28-34-43(35-29-40)46-49(47-44-36-30-41(31-37-44)26-23-20-17-14-11-8-5-2)48-45-38-32-42(33-39-45)27-24-21-18-15-12-9-6-3;1-2;/h3*28-39H,4-27H2,1-3H3;1H2;. The zero-order valence-electron chi connectivity index (χ0n) is 96.1. The van der Waals surface area contributed by atoms with Crippen LogP contribution in [0.2, 0.25) is 0 Å². The van der Waals surface area contributed by atoms with Crippen LogP contribution in [0.1, 0.15) is 517 Å². The van der Waals surface area contributed by atoms with E-state index in [2.05, 4.69) is 281 Å². The summed E-state index contributed by atoms with van der Waals surface area (Å²) in [5.41, 5.74) is 12.3. The molecule has 0 heterocycles. The van der Waals surface area contributed by atoms with Gasteiger partial charge in [-0.15, -0.1) is 0 Å². The molecule has 0 bridgehead atoms. The summed E-state index contributed by atoms with van der Waals surface area (Å²) in [6.45, 7) is 22.5. The van der Waals surface area contributed by atoms with Crippen LogP contribution < -0.4 is 40.7 Å². The van der Waals surface area contributed by atoms with Crippen LogP contribution in [0.3, 0.4) is 0 Å². The fourth-order valence-corrected chi connectivity index (χ4v) is 22.0. The van der Waals surface area contributed by atoms with Gasteiger partial charge < -0.3 is 45.5 Å². The number of carbonyl (C=O) groups excluding carboxylic acids is 1. The van der Waals surface area contributed by atoms with Crippen LogP contribution in [0.4, 0.5) is 0 Å². The molecule has 0 aromatic heterocycles. The summed E-state index contributed by atoms with van der Waals surface area (Å²) in [6.07, 6.45) is 94.0. The number of benzene rings is 9. The Morgan fingerprint density at radius 3 is 0.280 bits per heavy atom. The van der Waals surface area contributed by atoms with Crippen molar-refractivity contribution in [1.82, 2.24) is 0 Å². The summed E-state index contributed by atoms with van der Waals surface area (Å²) in [4.78, 5) is 8.00. The van der Waals surface area contributed by atoms with Crippen LogP contribution in [-0.2, 0) is 79.1 Å². The minimum absolute atomic E-state index is 0. The first-order chi connectivity index (χ1) is 73.6. The molecule has 838 valence electrons. The molecule has 10 nitrogen and oxygen atoms in total. The Kier molecular flexibility index (Phi) is 83.4. The van der Waals surface area contributed by atoms with Gasteiger partial charge in [-0.3, -0.25) is 0 Å². The molecular formula is C136H209NiO10P3. The minimum atomic E-state index is -1.68. The first-order valence-electron chi connectivity index (χ1n) is 61.2. The molecule has 0 N–H and O–H groups in total. The van der Waals surface area contributed by atoms with E-state index in [-0.39, 0.29) is 16.5 Å². The smallest absolute Gasteiger partial charge is 0.409 e. The van der Waals surface area contributed by atoms with Crippen LogP contribution in [0, 0.1) is 0 Å². The van der Waals surface area contributed by atoms with Crippen LogP contribution in [-0.4, -0.2) is 6.79 Å². The quantitative estimate of drug-likeness (QED) is 0.0208. The topological polar surface area (TPSA) is 100 Å². The van der Waals surface area contributed by atoms with E-state index >= 15 is 0 Å². The number of hydrogen-bond acceptors (Lipinski definition) is 10. The van der Waals surface area contributed by atoms with Gasteiger partial charge in [0.2, 0.25) is 0 Å². The predicted molar refractivity (Wildman–Crippen MR) is 647 cm³/mol. The van der Waals surface area contributed by atoms with Crippen LogP contribution >= 0.6 is 25.8 Å². The van der Waals surface area contributed by atoms with Crippen molar-refractivity contribution in [2.24, 2.45) is 0 Å². The zero-order valence-corrected chi connectivity index (χ0v) is 99.8. The third-order valence-electron chi connectivity index (χ3n) is 28.6. The maximum absolute atomic E-state index is 8.00. The number of carbonyl (C=O) groups is 1. The Balaban J connectivity index is 0.000000391. The van der Waals surface area contributed by atoms with Gasteiger partial charge in [0, 0.05) is 16.5 Å². The molecule has 150 heavy (non-hydrogen) atoms. The van der Waals surface area contributed by atoms with Crippen molar-refractivity contribution in [2.45, 2.75) is 525 Å². The van der Waals surface area contributed by atoms with E-state index in [0.29, 0.717) is 0 Å². The molecule has 0 atom stereocenters. The van der Waals surface area contributed by atoms with Gasteiger partial charge in [0.05, 0.1) is 0 Å². The van der Waals surface area contributed by atoms with Crippen molar-refractivity contribution >= 4 is 32.6 Å². The molecule has 0 aliphatic carbocycles. The summed E-state index contributed by atoms with van der Waals surface area (Å²) in [7, 11) is -5.05. The molecule has 0 unspecified atom stereocenters. The third kappa shape index (κ3) is 68.8. The average molecular weight is 2160 g/mol. The summed E-state index contributed by atoms with van der Waals surface area (Å²) in [5, 5.41) is 0. The molecule has 0 amide bonds. The van der Waals surface area contributed by atoms with Crippen molar-refractivity contribution in [3.05, 3.63) is 268 Å². The van der Waals surface area contributed by atoms with Crippen molar-refractivity contribution in [3.63, 3.8) is 0 Å². The van der Waals surface area contributed by atoms with Gasteiger partial charge in [0.15, 0.2) is 0 Å². The number of rotatable bonds is 90. The largest absolute Gasteiger partial charge is 0.530 e. The van der Waals surface area contributed by atoms with Gasteiger partial charge >= 0.3 is 25.8 Å². The Hall–Kier alpha value is -7.37.